The number of hydrogen-bond acceptors (Lipinski definition) is 5. The number of nitrogens with one attached hydrogen (secondary N) is 2. The molecule has 1 saturated carbocycles. The highest BCUT2D eigenvalue weighted by molar-refractivity contribution is 6.13. The summed E-state index contributed by atoms with van der Waals surface area (Å²) in [6.45, 7) is 1.81. The van der Waals surface area contributed by atoms with E-state index in [1.807, 2.05) is 25.1 Å². The van der Waals surface area contributed by atoms with Crippen LogP contribution < -0.4 is 15.1 Å². The fourth-order valence-corrected chi connectivity index (χ4v) is 6.00. The standard InChI is InChI=1S/C32H28F2N6O3/c1-19-6-2-3-10-24(19)29(30(42)37-22-15-32(33,34)16-22)40(25-11-5-8-21-18-36-38-28(21)25)31(43)26-12-13-27(41)39(26)23-9-4-7-20(14-23)17-35/h2-11,14,18,22,26,29H,12-13,15-16H2,1H3,(H,36,38)(H,37,42). The number of anilines is 2. The van der Waals surface area contributed by atoms with E-state index in [-0.39, 0.29) is 18.7 Å². The molecule has 4 aromatic rings. The third kappa shape index (κ3) is 5.20. The molecule has 2 fully saturated rings. The molecule has 0 bridgehead atoms. The van der Waals surface area contributed by atoms with Crippen molar-refractivity contribution < 1.29 is 23.2 Å². The van der Waals surface area contributed by atoms with Crippen LogP contribution >= 0.6 is 0 Å². The summed E-state index contributed by atoms with van der Waals surface area (Å²) in [4.78, 5) is 44.9. The van der Waals surface area contributed by atoms with Crippen LogP contribution in [0.4, 0.5) is 20.2 Å². The van der Waals surface area contributed by atoms with Crippen molar-refractivity contribution in [3.05, 3.63) is 89.6 Å². The quantitative estimate of drug-likeness (QED) is 0.320. The van der Waals surface area contributed by atoms with Crippen LogP contribution in [-0.2, 0) is 14.4 Å². The lowest BCUT2D eigenvalue weighted by Crippen LogP contribution is -2.56. The number of nitrogens with zero attached hydrogens (tertiary/aromatic N) is 4. The number of halogens is 2. The summed E-state index contributed by atoms with van der Waals surface area (Å²) in [6, 6.07) is 17.9. The molecule has 2 atom stereocenters. The lowest BCUT2D eigenvalue weighted by Gasteiger charge is -2.39. The lowest BCUT2D eigenvalue weighted by atomic mass is 9.87. The molecule has 2 aliphatic rings. The van der Waals surface area contributed by atoms with Gasteiger partial charge >= 0.3 is 0 Å². The lowest BCUT2D eigenvalue weighted by molar-refractivity contribution is -0.133. The van der Waals surface area contributed by atoms with E-state index in [1.165, 1.54) is 9.80 Å². The van der Waals surface area contributed by atoms with Gasteiger partial charge < -0.3 is 5.32 Å². The van der Waals surface area contributed by atoms with Crippen molar-refractivity contribution >= 4 is 40.0 Å². The van der Waals surface area contributed by atoms with Gasteiger partial charge in [0.2, 0.25) is 11.8 Å². The number of carbonyl (C=O) groups excluding carboxylic acids is 3. The molecule has 1 saturated heterocycles. The number of fused-ring (bicyclic) bond motifs is 1. The average Bonchev–Trinajstić information content (AvgIpc) is 3.62. The molecule has 2 unspecified atom stereocenters. The number of aromatic nitrogens is 2. The van der Waals surface area contributed by atoms with Gasteiger partial charge in [-0.25, -0.2) is 8.78 Å². The molecule has 2 N–H and O–H groups in total. The second-order valence-corrected chi connectivity index (χ2v) is 11.0. The van der Waals surface area contributed by atoms with Crippen molar-refractivity contribution in [1.29, 1.82) is 5.26 Å². The van der Waals surface area contributed by atoms with Gasteiger partial charge in [0.15, 0.2) is 0 Å². The second-order valence-electron chi connectivity index (χ2n) is 11.0. The molecule has 1 aliphatic carbocycles. The molecular formula is C32H28F2N6O3. The molecule has 0 spiro atoms. The smallest absolute Gasteiger partial charge is 0.252 e. The third-order valence-electron chi connectivity index (χ3n) is 8.13. The Morgan fingerprint density at radius 2 is 1.91 bits per heavy atom. The predicted octanol–water partition coefficient (Wildman–Crippen LogP) is 4.93. The number of amides is 3. The maximum atomic E-state index is 14.8. The van der Waals surface area contributed by atoms with Crippen molar-refractivity contribution in [2.75, 3.05) is 9.80 Å². The van der Waals surface area contributed by atoms with E-state index in [0.29, 0.717) is 33.4 Å². The Bertz CT molecular complexity index is 1770. The van der Waals surface area contributed by atoms with Crippen molar-refractivity contribution in [2.45, 2.75) is 56.7 Å². The maximum Gasteiger partial charge on any atom is 0.252 e. The monoisotopic (exact) mass is 582 g/mol. The van der Waals surface area contributed by atoms with Gasteiger partial charge in [-0.3, -0.25) is 29.3 Å². The van der Waals surface area contributed by atoms with Gasteiger partial charge in [0.25, 0.3) is 11.8 Å². The highest BCUT2D eigenvalue weighted by Crippen LogP contribution is 2.40. The zero-order valence-corrected chi connectivity index (χ0v) is 23.3. The number of benzene rings is 3. The zero-order valence-electron chi connectivity index (χ0n) is 23.3. The first-order valence-electron chi connectivity index (χ1n) is 14.0. The van der Waals surface area contributed by atoms with Crippen molar-refractivity contribution in [2.24, 2.45) is 0 Å². The van der Waals surface area contributed by atoms with E-state index in [9.17, 15) is 28.4 Å². The van der Waals surface area contributed by atoms with Crippen molar-refractivity contribution in [3.8, 4) is 6.07 Å². The number of nitriles is 1. The largest absolute Gasteiger partial charge is 0.351 e. The van der Waals surface area contributed by atoms with Crippen LogP contribution in [0.15, 0.2) is 72.9 Å². The van der Waals surface area contributed by atoms with E-state index in [4.69, 9.17) is 0 Å². The van der Waals surface area contributed by atoms with Crippen LogP contribution in [0.3, 0.4) is 0 Å². The summed E-state index contributed by atoms with van der Waals surface area (Å²) in [7, 11) is 0. The number of carbonyl (C=O) groups is 3. The van der Waals surface area contributed by atoms with Crippen LogP contribution in [0.2, 0.25) is 0 Å². The van der Waals surface area contributed by atoms with Crippen LogP contribution in [0.25, 0.3) is 10.9 Å². The molecule has 1 aliphatic heterocycles. The fourth-order valence-electron chi connectivity index (χ4n) is 6.00. The third-order valence-corrected chi connectivity index (χ3v) is 8.13. The number of aromatic amines is 1. The van der Waals surface area contributed by atoms with Gasteiger partial charge in [-0.15, -0.1) is 0 Å². The van der Waals surface area contributed by atoms with Gasteiger partial charge in [-0.2, -0.15) is 10.4 Å². The minimum atomic E-state index is -2.85. The minimum absolute atomic E-state index is 0.0909. The van der Waals surface area contributed by atoms with Crippen LogP contribution in [0.1, 0.15) is 48.4 Å². The van der Waals surface area contributed by atoms with E-state index >= 15 is 0 Å². The molecule has 9 nitrogen and oxygen atoms in total. The molecule has 43 heavy (non-hydrogen) atoms. The molecular weight excluding hydrogens is 554 g/mol. The number of H-pyrrole nitrogens is 1. The maximum absolute atomic E-state index is 14.8. The normalized spacial score (nSPS) is 18.6. The summed E-state index contributed by atoms with van der Waals surface area (Å²) in [5, 5.41) is 19.9. The molecule has 11 heteroatoms. The average molecular weight is 583 g/mol. The Balaban J connectivity index is 1.49. The van der Waals surface area contributed by atoms with E-state index in [1.54, 1.807) is 54.7 Å². The second kappa shape index (κ2) is 10.9. The summed E-state index contributed by atoms with van der Waals surface area (Å²) in [6.07, 6.45) is 0.904. The molecule has 1 aromatic heterocycles. The summed E-state index contributed by atoms with van der Waals surface area (Å²) < 4.78 is 27.5. The molecule has 3 aromatic carbocycles. The first-order valence-corrected chi connectivity index (χ1v) is 14.0. The number of aryl methyl sites for hydroxylation is 1. The summed E-state index contributed by atoms with van der Waals surface area (Å²) in [5.74, 6) is -4.28. The van der Waals surface area contributed by atoms with Crippen LogP contribution in [0, 0.1) is 18.3 Å². The summed E-state index contributed by atoms with van der Waals surface area (Å²) >= 11 is 0. The van der Waals surface area contributed by atoms with Gasteiger partial charge in [0, 0.05) is 36.4 Å². The highest BCUT2D eigenvalue weighted by atomic mass is 19.3. The Hall–Kier alpha value is -5.11. The van der Waals surface area contributed by atoms with Gasteiger partial charge in [-0.1, -0.05) is 42.5 Å². The first-order chi connectivity index (χ1) is 20.7. The highest BCUT2D eigenvalue weighted by Gasteiger charge is 2.48. The number of hydrogen-bond donors (Lipinski definition) is 2. The fraction of sp³-hybridized carbons (Fsp3) is 0.281. The minimum Gasteiger partial charge on any atom is -0.351 e. The first kappa shape index (κ1) is 28.0. The Labute approximate surface area is 246 Å². The number of alkyl halides is 2. The van der Waals surface area contributed by atoms with E-state index in [2.05, 4.69) is 21.6 Å². The van der Waals surface area contributed by atoms with Crippen molar-refractivity contribution in [1.82, 2.24) is 15.5 Å². The Kier molecular flexibility index (Phi) is 7.13. The molecule has 0 radical (unpaired) electrons. The molecule has 2 heterocycles. The van der Waals surface area contributed by atoms with Gasteiger partial charge in [0.1, 0.15) is 12.1 Å². The molecule has 218 valence electrons. The van der Waals surface area contributed by atoms with E-state index < -0.39 is 48.7 Å². The number of para-hydroxylation sites is 1. The van der Waals surface area contributed by atoms with Gasteiger partial charge in [-0.05, 0) is 48.7 Å². The van der Waals surface area contributed by atoms with Crippen molar-refractivity contribution in [3.63, 3.8) is 0 Å². The topological polar surface area (TPSA) is 122 Å². The summed E-state index contributed by atoms with van der Waals surface area (Å²) in [5.41, 5.74) is 2.81. The van der Waals surface area contributed by atoms with Crippen LogP contribution in [-0.4, -0.2) is 45.9 Å². The zero-order chi connectivity index (χ0) is 30.3. The van der Waals surface area contributed by atoms with E-state index in [0.717, 1.165) is 5.56 Å². The Morgan fingerprint density at radius 1 is 1.14 bits per heavy atom. The molecule has 3 amide bonds. The van der Waals surface area contributed by atoms with Gasteiger partial charge in [0.05, 0.1) is 29.0 Å². The Morgan fingerprint density at radius 3 is 2.65 bits per heavy atom. The SMILES string of the molecule is Cc1ccccc1C(C(=O)NC1CC(F)(F)C1)N(C(=O)C1CCC(=O)N1c1cccc(C#N)c1)c1cccc2cn[nH]c12. The number of rotatable bonds is 7. The predicted molar refractivity (Wildman–Crippen MR) is 155 cm³/mol. The van der Waals surface area contributed by atoms with Crippen LogP contribution in [0.5, 0.6) is 0 Å². The molecule has 6 rings (SSSR count).